The van der Waals surface area contributed by atoms with Crippen molar-refractivity contribution in [2.75, 3.05) is 39.3 Å². The van der Waals surface area contributed by atoms with Gasteiger partial charge in [0, 0.05) is 31.6 Å². The molecule has 0 aromatic heterocycles. The predicted octanol–water partition coefficient (Wildman–Crippen LogP) is 2.11. The van der Waals surface area contributed by atoms with Gasteiger partial charge in [-0.3, -0.25) is 14.5 Å². The van der Waals surface area contributed by atoms with Gasteiger partial charge in [-0.15, -0.1) is 0 Å². The number of hydrogen-bond acceptors (Lipinski definition) is 3. The normalized spacial score (nSPS) is 27.3. The van der Waals surface area contributed by atoms with Gasteiger partial charge in [0.2, 0.25) is 11.8 Å². The molecule has 2 amide bonds. The molecule has 0 saturated carbocycles. The van der Waals surface area contributed by atoms with E-state index in [1.165, 1.54) is 12.8 Å². The lowest BCUT2D eigenvalue weighted by Gasteiger charge is -2.38. The maximum absolute atomic E-state index is 12.6. The molecule has 3 saturated heterocycles. The quantitative estimate of drug-likeness (QED) is 0.793. The van der Waals surface area contributed by atoms with Crippen molar-refractivity contribution in [3.8, 4) is 0 Å². The average Bonchev–Trinajstić information content (AvgIpc) is 2.63. The first-order valence-electron chi connectivity index (χ1n) is 9.96. The van der Waals surface area contributed by atoms with E-state index < -0.39 is 0 Å². The summed E-state index contributed by atoms with van der Waals surface area (Å²) in [6, 6.07) is 0.393. The Morgan fingerprint density at radius 1 is 0.833 bits per heavy atom. The van der Waals surface area contributed by atoms with Crippen LogP contribution in [0.15, 0.2) is 0 Å². The van der Waals surface area contributed by atoms with Crippen LogP contribution in [0.1, 0.15) is 58.3 Å². The number of nitrogens with zero attached hydrogens (tertiary/aromatic N) is 3. The first-order valence-corrected chi connectivity index (χ1v) is 9.96. The molecule has 1 atom stereocenters. The SMILES string of the molecule is CC1CCCCN1C(=O)CN1CCC(C(=O)N2CCCCC2)CC1. The van der Waals surface area contributed by atoms with Crippen LogP contribution in [0.4, 0.5) is 0 Å². The number of carbonyl (C=O) groups excluding carboxylic acids is 2. The van der Waals surface area contributed by atoms with Crippen molar-refractivity contribution in [1.29, 1.82) is 0 Å². The Morgan fingerprint density at radius 3 is 2.17 bits per heavy atom. The fourth-order valence-corrected chi connectivity index (χ4v) is 4.46. The number of piperidine rings is 3. The summed E-state index contributed by atoms with van der Waals surface area (Å²) in [4.78, 5) is 31.5. The Hall–Kier alpha value is -1.10. The minimum absolute atomic E-state index is 0.184. The van der Waals surface area contributed by atoms with E-state index in [1.54, 1.807) is 0 Å². The molecule has 0 N–H and O–H groups in total. The van der Waals surface area contributed by atoms with Crippen LogP contribution in [0.25, 0.3) is 0 Å². The van der Waals surface area contributed by atoms with Crippen LogP contribution in [0.5, 0.6) is 0 Å². The predicted molar refractivity (Wildman–Crippen MR) is 94.6 cm³/mol. The van der Waals surface area contributed by atoms with E-state index >= 15 is 0 Å². The number of amides is 2. The van der Waals surface area contributed by atoms with Gasteiger partial charge in [-0.1, -0.05) is 0 Å². The van der Waals surface area contributed by atoms with Gasteiger partial charge in [0.05, 0.1) is 6.54 Å². The molecule has 0 bridgehead atoms. The molecule has 0 aliphatic carbocycles. The minimum Gasteiger partial charge on any atom is -0.342 e. The van der Waals surface area contributed by atoms with Gasteiger partial charge in [0.15, 0.2) is 0 Å². The second-order valence-electron chi connectivity index (χ2n) is 7.87. The van der Waals surface area contributed by atoms with Crippen molar-refractivity contribution < 1.29 is 9.59 Å². The summed E-state index contributed by atoms with van der Waals surface area (Å²) in [5.74, 6) is 0.830. The lowest BCUT2D eigenvalue weighted by atomic mass is 9.94. The standard InChI is InChI=1S/C19H33N3O2/c1-16-7-3-6-12-22(16)18(23)15-20-13-8-17(9-14-20)19(24)21-10-4-2-5-11-21/h16-17H,2-15H2,1H3. The van der Waals surface area contributed by atoms with Crippen molar-refractivity contribution >= 4 is 11.8 Å². The number of rotatable bonds is 3. The molecule has 5 heteroatoms. The Morgan fingerprint density at radius 2 is 1.50 bits per heavy atom. The van der Waals surface area contributed by atoms with Gasteiger partial charge in [-0.25, -0.2) is 0 Å². The maximum atomic E-state index is 12.6. The zero-order valence-corrected chi connectivity index (χ0v) is 15.2. The second-order valence-corrected chi connectivity index (χ2v) is 7.87. The highest BCUT2D eigenvalue weighted by Crippen LogP contribution is 2.22. The molecule has 3 heterocycles. The van der Waals surface area contributed by atoms with Crippen LogP contribution in [0, 0.1) is 5.92 Å². The number of carbonyl (C=O) groups is 2. The molecule has 24 heavy (non-hydrogen) atoms. The highest BCUT2D eigenvalue weighted by molar-refractivity contribution is 5.80. The lowest BCUT2D eigenvalue weighted by Crippen LogP contribution is -2.49. The lowest BCUT2D eigenvalue weighted by molar-refractivity contribution is -0.139. The van der Waals surface area contributed by atoms with Crippen LogP contribution in [0.2, 0.25) is 0 Å². The molecule has 3 aliphatic heterocycles. The van der Waals surface area contributed by atoms with Crippen LogP contribution in [0.3, 0.4) is 0 Å². The molecule has 1 unspecified atom stereocenters. The molecule has 5 nitrogen and oxygen atoms in total. The largest absolute Gasteiger partial charge is 0.342 e. The van der Waals surface area contributed by atoms with Gasteiger partial charge >= 0.3 is 0 Å². The van der Waals surface area contributed by atoms with Crippen LogP contribution in [-0.2, 0) is 9.59 Å². The Labute approximate surface area is 146 Å². The monoisotopic (exact) mass is 335 g/mol. The zero-order valence-electron chi connectivity index (χ0n) is 15.2. The van der Waals surface area contributed by atoms with E-state index in [9.17, 15) is 9.59 Å². The first kappa shape index (κ1) is 17.7. The van der Waals surface area contributed by atoms with E-state index in [4.69, 9.17) is 0 Å². The fraction of sp³-hybridized carbons (Fsp3) is 0.895. The zero-order chi connectivity index (χ0) is 16.9. The molecular formula is C19H33N3O2. The molecule has 3 rings (SSSR count). The third-order valence-corrected chi connectivity index (χ3v) is 6.09. The summed E-state index contributed by atoms with van der Waals surface area (Å²) in [7, 11) is 0. The molecule has 0 aromatic rings. The molecule has 3 fully saturated rings. The van der Waals surface area contributed by atoms with E-state index in [0.29, 0.717) is 18.5 Å². The van der Waals surface area contributed by atoms with Gasteiger partial charge in [-0.2, -0.15) is 0 Å². The van der Waals surface area contributed by atoms with E-state index in [0.717, 1.165) is 71.2 Å². The fourth-order valence-electron chi connectivity index (χ4n) is 4.46. The van der Waals surface area contributed by atoms with E-state index in [1.807, 2.05) is 0 Å². The summed E-state index contributed by atoms with van der Waals surface area (Å²) in [6.07, 6.45) is 8.94. The van der Waals surface area contributed by atoms with Gasteiger partial charge < -0.3 is 9.80 Å². The van der Waals surface area contributed by atoms with Crippen molar-refractivity contribution in [1.82, 2.24) is 14.7 Å². The molecule has 3 aliphatic rings. The molecule has 136 valence electrons. The van der Waals surface area contributed by atoms with Gasteiger partial charge in [0.25, 0.3) is 0 Å². The average molecular weight is 335 g/mol. The summed E-state index contributed by atoms with van der Waals surface area (Å²) in [5, 5.41) is 0. The summed E-state index contributed by atoms with van der Waals surface area (Å²) >= 11 is 0. The van der Waals surface area contributed by atoms with E-state index in [-0.39, 0.29) is 11.8 Å². The topological polar surface area (TPSA) is 43.9 Å². The highest BCUT2D eigenvalue weighted by atomic mass is 16.2. The summed E-state index contributed by atoms with van der Waals surface area (Å²) in [6.45, 7) is 7.30. The molecular weight excluding hydrogens is 302 g/mol. The van der Waals surface area contributed by atoms with E-state index in [2.05, 4.69) is 21.6 Å². The van der Waals surface area contributed by atoms with Crippen molar-refractivity contribution in [2.24, 2.45) is 5.92 Å². The summed E-state index contributed by atoms with van der Waals surface area (Å²) < 4.78 is 0. The van der Waals surface area contributed by atoms with Crippen molar-refractivity contribution in [3.05, 3.63) is 0 Å². The molecule has 0 spiro atoms. The summed E-state index contributed by atoms with van der Waals surface area (Å²) in [5.41, 5.74) is 0. The second kappa shape index (κ2) is 8.32. The Bertz CT molecular complexity index is 440. The smallest absolute Gasteiger partial charge is 0.236 e. The van der Waals surface area contributed by atoms with Crippen LogP contribution < -0.4 is 0 Å². The highest BCUT2D eigenvalue weighted by Gasteiger charge is 2.31. The third kappa shape index (κ3) is 4.29. The van der Waals surface area contributed by atoms with Gasteiger partial charge in [-0.05, 0) is 71.4 Å². The van der Waals surface area contributed by atoms with Crippen molar-refractivity contribution in [3.63, 3.8) is 0 Å². The third-order valence-electron chi connectivity index (χ3n) is 6.09. The van der Waals surface area contributed by atoms with Crippen LogP contribution in [-0.4, -0.2) is 71.8 Å². The Balaban J connectivity index is 1.43. The van der Waals surface area contributed by atoms with Crippen molar-refractivity contribution in [2.45, 2.75) is 64.3 Å². The molecule has 0 aromatic carbocycles. The first-order chi connectivity index (χ1) is 11.6. The van der Waals surface area contributed by atoms with Gasteiger partial charge in [0.1, 0.15) is 0 Å². The molecule has 0 radical (unpaired) electrons. The number of likely N-dealkylation sites (tertiary alicyclic amines) is 3. The maximum Gasteiger partial charge on any atom is 0.236 e. The Kier molecular flexibility index (Phi) is 6.14. The number of hydrogen-bond donors (Lipinski definition) is 0. The van der Waals surface area contributed by atoms with Crippen LogP contribution >= 0.6 is 0 Å². The minimum atomic E-state index is 0.184.